The summed E-state index contributed by atoms with van der Waals surface area (Å²) in [5, 5.41) is 3.42. The van der Waals surface area contributed by atoms with Crippen LogP contribution in [-0.4, -0.2) is 24.1 Å². The Hall–Kier alpha value is 0.310. The molecule has 1 N–H and O–H groups in total. The summed E-state index contributed by atoms with van der Waals surface area (Å²) in [4.78, 5) is 0. The zero-order chi connectivity index (χ0) is 5.82. The van der Waals surface area contributed by atoms with Crippen molar-refractivity contribution in [3.8, 4) is 0 Å². The molecule has 0 bridgehead atoms. The van der Waals surface area contributed by atoms with E-state index in [9.17, 15) is 0 Å². The van der Waals surface area contributed by atoms with Gasteiger partial charge in [-0.1, -0.05) is 0 Å². The molecule has 0 spiro atoms. The van der Waals surface area contributed by atoms with Gasteiger partial charge in [0.15, 0.2) is 0 Å². The molecule has 0 aliphatic carbocycles. The van der Waals surface area contributed by atoms with Crippen molar-refractivity contribution in [1.82, 2.24) is 5.32 Å². The van der Waals surface area contributed by atoms with Crippen LogP contribution in [0.1, 0.15) is 13.3 Å². The molecule has 1 fully saturated rings. The van der Waals surface area contributed by atoms with E-state index >= 15 is 0 Å². The highest BCUT2D eigenvalue weighted by atomic mass is 32.2. The molecule has 0 amide bonds. The second-order valence-electron chi connectivity index (χ2n) is 2.26. The number of hydrogen-bond donors (Lipinski definition) is 1. The second kappa shape index (κ2) is 3.36. The molecule has 0 radical (unpaired) electrons. The lowest BCUT2D eigenvalue weighted by molar-refractivity contribution is 0.567. The van der Waals surface area contributed by atoms with Crippen molar-refractivity contribution in [2.75, 3.05) is 18.1 Å². The summed E-state index contributed by atoms with van der Waals surface area (Å²) < 4.78 is 0. The lowest BCUT2D eigenvalue weighted by atomic mass is 10.3. The van der Waals surface area contributed by atoms with Crippen molar-refractivity contribution in [1.29, 1.82) is 0 Å². The predicted octanol–water partition coefficient (Wildman–Crippen LogP) is 1.10. The Morgan fingerprint density at radius 3 is 3.25 bits per heavy atom. The minimum atomic E-state index is 0.755. The Balaban J connectivity index is 2.17. The molecule has 1 rings (SSSR count). The Labute approximate surface area is 55.2 Å². The molecule has 1 saturated heterocycles. The summed E-state index contributed by atoms with van der Waals surface area (Å²) in [5.41, 5.74) is 0. The largest absolute Gasteiger partial charge is 0.313 e. The summed E-state index contributed by atoms with van der Waals surface area (Å²) in [7, 11) is 0. The van der Waals surface area contributed by atoms with Crippen molar-refractivity contribution >= 4 is 11.8 Å². The molecular formula is C6H13NS. The number of hydrogen-bond acceptors (Lipinski definition) is 2. The van der Waals surface area contributed by atoms with Gasteiger partial charge in [-0.25, -0.2) is 0 Å². The fourth-order valence-corrected chi connectivity index (χ4v) is 1.83. The first-order valence-corrected chi connectivity index (χ1v) is 4.36. The fourth-order valence-electron chi connectivity index (χ4n) is 0.842. The van der Waals surface area contributed by atoms with Crippen molar-refractivity contribution in [2.24, 2.45) is 0 Å². The average molecular weight is 131 g/mol. The Kier molecular flexibility index (Phi) is 2.70. The number of rotatable bonds is 0. The summed E-state index contributed by atoms with van der Waals surface area (Å²) >= 11 is 2.06. The third-order valence-corrected chi connectivity index (χ3v) is 2.45. The van der Waals surface area contributed by atoms with E-state index < -0.39 is 0 Å². The lowest BCUT2D eigenvalue weighted by Gasteiger charge is -2.05. The van der Waals surface area contributed by atoms with Gasteiger partial charge < -0.3 is 5.32 Å². The van der Waals surface area contributed by atoms with Crippen LogP contribution in [0.25, 0.3) is 0 Å². The fraction of sp³-hybridized carbons (Fsp3) is 1.00. The van der Waals surface area contributed by atoms with Crippen molar-refractivity contribution in [2.45, 2.75) is 19.4 Å². The van der Waals surface area contributed by atoms with Crippen LogP contribution in [-0.2, 0) is 0 Å². The number of nitrogens with one attached hydrogen (secondary N) is 1. The molecule has 2 heteroatoms. The van der Waals surface area contributed by atoms with Crippen LogP contribution in [0, 0.1) is 0 Å². The highest BCUT2D eigenvalue weighted by Gasteiger charge is 2.03. The maximum atomic E-state index is 3.42. The van der Waals surface area contributed by atoms with Gasteiger partial charge in [-0.3, -0.25) is 0 Å². The molecule has 48 valence electrons. The lowest BCUT2D eigenvalue weighted by Crippen LogP contribution is -2.25. The zero-order valence-corrected chi connectivity index (χ0v) is 6.13. The molecule has 1 aliphatic rings. The normalized spacial score (nSPS) is 31.9. The van der Waals surface area contributed by atoms with E-state index in [1.807, 2.05) is 0 Å². The van der Waals surface area contributed by atoms with E-state index in [4.69, 9.17) is 0 Å². The van der Waals surface area contributed by atoms with Crippen molar-refractivity contribution in [3.05, 3.63) is 0 Å². The van der Waals surface area contributed by atoms with Crippen LogP contribution >= 0.6 is 11.8 Å². The first-order chi connectivity index (χ1) is 3.89. The first kappa shape index (κ1) is 6.43. The van der Waals surface area contributed by atoms with Crippen LogP contribution < -0.4 is 5.32 Å². The standard InChI is InChI=1S/C6H13NS/c1-6-2-4-8-5-3-7-6/h6-7H,2-5H2,1H3/t6-/m0/s1. The minimum absolute atomic E-state index is 0.755. The summed E-state index contributed by atoms with van der Waals surface area (Å²) in [6.45, 7) is 3.46. The van der Waals surface area contributed by atoms with Crippen molar-refractivity contribution in [3.63, 3.8) is 0 Å². The van der Waals surface area contributed by atoms with Gasteiger partial charge in [0.1, 0.15) is 0 Å². The maximum absolute atomic E-state index is 3.42. The maximum Gasteiger partial charge on any atom is 0.00582 e. The second-order valence-corrected chi connectivity index (χ2v) is 3.48. The van der Waals surface area contributed by atoms with Crippen molar-refractivity contribution < 1.29 is 0 Å². The predicted molar refractivity (Wildman–Crippen MR) is 39.4 cm³/mol. The minimum Gasteiger partial charge on any atom is -0.313 e. The van der Waals surface area contributed by atoms with Gasteiger partial charge in [-0.2, -0.15) is 11.8 Å². The molecule has 8 heavy (non-hydrogen) atoms. The smallest absolute Gasteiger partial charge is 0.00582 e. The third kappa shape index (κ3) is 2.05. The molecule has 0 aromatic rings. The molecule has 0 unspecified atom stereocenters. The van der Waals surface area contributed by atoms with Crippen LogP contribution in [0.2, 0.25) is 0 Å². The molecule has 0 aromatic heterocycles. The highest BCUT2D eigenvalue weighted by molar-refractivity contribution is 7.99. The highest BCUT2D eigenvalue weighted by Crippen LogP contribution is 2.07. The molecule has 1 heterocycles. The molecule has 1 atom stereocenters. The van der Waals surface area contributed by atoms with Crippen LogP contribution in [0.4, 0.5) is 0 Å². The molecule has 0 aromatic carbocycles. The Morgan fingerprint density at radius 1 is 1.50 bits per heavy atom. The topological polar surface area (TPSA) is 12.0 Å². The molecular weight excluding hydrogens is 118 g/mol. The van der Waals surface area contributed by atoms with Gasteiger partial charge in [-0.05, 0) is 19.1 Å². The summed E-state index contributed by atoms with van der Waals surface area (Å²) in [5.74, 6) is 2.64. The van der Waals surface area contributed by atoms with Gasteiger partial charge >= 0.3 is 0 Å². The summed E-state index contributed by atoms with van der Waals surface area (Å²) in [6, 6.07) is 0.755. The van der Waals surface area contributed by atoms with Gasteiger partial charge in [-0.15, -0.1) is 0 Å². The van der Waals surface area contributed by atoms with E-state index in [1.54, 1.807) is 0 Å². The quantitative estimate of drug-likeness (QED) is 0.528. The Morgan fingerprint density at radius 2 is 2.38 bits per heavy atom. The average Bonchev–Trinajstić information content (AvgIpc) is 1.94. The van der Waals surface area contributed by atoms with Gasteiger partial charge in [0.25, 0.3) is 0 Å². The van der Waals surface area contributed by atoms with E-state index in [0.717, 1.165) is 6.04 Å². The van der Waals surface area contributed by atoms with E-state index in [1.165, 1.54) is 24.5 Å². The summed E-state index contributed by atoms with van der Waals surface area (Å²) in [6.07, 6.45) is 1.34. The first-order valence-electron chi connectivity index (χ1n) is 3.21. The number of thioether (sulfide) groups is 1. The van der Waals surface area contributed by atoms with Gasteiger partial charge in [0.05, 0.1) is 0 Å². The van der Waals surface area contributed by atoms with Crippen LogP contribution in [0.3, 0.4) is 0 Å². The molecule has 1 aliphatic heterocycles. The Bertz CT molecular complexity index is 57.5. The van der Waals surface area contributed by atoms with Crippen LogP contribution in [0.5, 0.6) is 0 Å². The van der Waals surface area contributed by atoms with Gasteiger partial charge in [0.2, 0.25) is 0 Å². The van der Waals surface area contributed by atoms with Gasteiger partial charge in [0, 0.05) is 18.3 Å². The molecule has 0 saturated carbocycles. The monoisotopic (exact) mass is 131 g/mol. The van der Waals surface area contributed by atoms with E-state index in [2.05, 4.69) is 24.0 Å². The van der Waals surface area contributed by atoms with Crippen LogP contribution in [0.15, 0.2) is 0 Å². The van der Waals surface area contributed by atoms with E-state index in [-0.39, 0.29) is 0 Å². The van der Waals surface area contributed by atoms with E-state index in [0.29, 0.717) is 0 Å². The zero-order valence-electron chi connectivity index (χ0n) is 5.31. The molecule has 1 nitrogen and oxygen atoms in total. The third-order valence-electron chi connectivity index (χ3n) is 1.43. The SMILES string of the molecule is C[C@H]1CCSCCN1.